The molecule has 1 aromatic carbocycles. The van der Waals surface area contributed by atoms with E-state index in [9.17, 15) is 9.59 Å². The van der Waals surface area contributed by atoms with Crippen LogP contribution in [0.15, 0.2) is 57.6 Å². The number of rotatable bonds is 5. The summed E-state index contributed by atoms with van der Waals surface area (Å²) < 4.78 is 0. The molecule has 2 heterocycles. The van der Waals surface area contributed by atoms with Crippen molar-refractivity contribution in [3.8, 4) is 0 Å². The molecule has 0 radical (unpaired) electrons. The van der Waals surface area contributed by atoms with Crippen LogP contribution < -0.4 is 10.9 Å². The number of hydrogen-bond acceptors (Lipinski definition) is 6. The Labute approximate surface area is 151 Å². The molecule has 2 aromatic heterocycles. The van der Waals surface area contributed by atoms with Gasteiger partial charge < -0.3 is 0 Å². The van der Waals surface area contributed by atoms with E-state index >= 15 is 0 Å². The third-order valence-electron chi connectivity index (χ3n) is 3.03. The summed E-state index contributed by atoms with van der Waals surface area (Å²) in [4.78, 5) is 29.9. The highest BCUT2D eigenvalue weighted by Crippen LogP contribution is 2.26. The fourth-order valence-corrected chi connectivity index (χ4v) is 4.13. The number of nitrogens with one attached hydrogen (secondary N) is 2. The van der Waals surface area contributed by atoms with Crippen LogP contribution >= 0.6 is 34.4 Å². The van der Waals surface area contributed by atoms with E-state index in [1.807, 2.05) is 17.5 Å². The lowest BCUT2D eigenvalue weighted by Crippen LogP contribution is -2.41. The Hall–Kier alpha value is -2.16. The molecule has 0 atom stereocenters. The molecule has 2 N–H and O–H groups in total. The van der Waals surface area contributed by atoms with Crippen molar-refractivity contribution in [1.82, 2.24) is 15.8 Å². The Morgan fingerprint density at radius 1 is 1.08 bits per heavy atom. The first-order valence-corrected chi connectivity index (χ1v) is 9.78. The van der Waals surface area contributed by atoms with E-state index in [0.717, 1.165) is 10.6 Å². The van der Waals surface area contributed by atoms with Crippen molar-refractivity contribution in [2.45, 2.75) is 10.6 Å². The lowest BCUT2D eigenvalue weighted by Gasteiger charge is -2.10. The molecule has 0 aliphatic heterocycles. The number of nitrogens with zero attached hydrogens (tertiary/aromatic N) is 1. The number of carbonyl (C=O) groups excluding carboxylic acids is 2. The summed E-state index contributed by atoms with van der Waals surface area (Å²) in [5.41, 5.74) is 8.18. The smallest absolute Gasteiger partial charge is 0.267 e. The van der Waals surface area contributed by atoms with Crippen molar-refractivity contribution >= 4 is 46.2 Å². The molecular formula is C16H13N3O2S3. The number of thiazole rings is 1. The maximum absolute atomic E-state index is 12.4. The predicted octanol–water partition coefficient (Wildman–Crippen LogP) is 3.57. The van der Waals surface area contributed by atoms with Gasteiger partial charge in [-0.25, -0.2) is 4.98 Å². The summed E-state index contributed by atoms with van der Waals surface area (Å²) in [6, 6.07) is 10.8. The average molecular weight is 376 g/mol. The largest absolute Gasteiger partial charge is 0.279 e. The molecule has 8 heteroatoms. The van der Waals surface area contributed by atoms with Crippen molar-refractivity contribution in [2.75, 3.05) is 0 Å². The molecule has 24 heavy (non-hydrogen) atoms. The molecular weight excluding hydrogens is 362 g/mol. The summed E-state index contributed by atoms with van der Waals surface area (Å²) in [7, 11) is 0. The number of aromatic nitrogens is 1. The molecule has 0 saturated heterocycles. The number of thiophene rings is 1. The van der Waals surface area contributed by atoms with E-state index < -0.39 is 0 Å². The zero-order valence-corrected chi connectivity index (χ0v) is 14.8. The Morgan fingerprint density at radius 2 is 1.92 bits per heavy atom. The zero-order valence-electron chi connectivity index (χ0n) is 12.4. The number of hydrazine groups is 1. The Balaban J connectivity index is 1.63. The quantitative estimate of drug-likeness (QED) is 0.528. The van der Waals surface area contributed by atoms with E-state index in [0.29, 0.717) is 16.2 Å². The van der Waals surface area contributed by atoms with Gasteiger partial charge in [0.25, 0.3) is 11.8 Å². The molecule has 0 saturated carbocycles. The molecule has 5 nitrogen and oxygen atoms in total. The summed E-state index contributed by atoms with van der Waals surface area (Å²) in [6.07, 6.45) is 0. The summed E-state index contributed by atoms with van der Waals surface area (Å²) in [6.45, 7) is 0. The van der Waals surface area contributed by atoms with Crippen LogP contribution in [0.1, 0.15) is 25.7 Å². The van der Waals surface area contributed by atoms with E-state index in [1.54, 1.807) is 46.5 Å². The molecule has 3 rings (SSSR count). The lowest BCUT2D eigenvalue weighted by molar-refractivity contribution is 0.0847. The predicted molar refractivity (Wildman–Crippen MR) is 97.4 cm³/mol. The number of hydrogen-bond donors (Lipinski definition) is 2. The van der Waals surface area contributed by atoms with Crippen LogP contribution in [-0.2, 0) is 5.75 Å². The monoisotopic (exact) mass is 375 g/mol. The maximum Gasteiger partial charge on any atom is 0.279 e. The minimum Gasteiger partial charge on any atom is -0.267 e. The second-order valence-corrected chi connectivity index (χ2v) is 7.33. The van der Waals surface area contributed by atoms with Gasteiger partial charge in [-0.1, -0.05) is 18.2 Å². The van der Waals surface area contributed by atoms with E-state index in [4.69, 9.17) is 0 Å². The van der Waals surface area contributed by atoms with E-state index in [1.165, 1.54) is 23.1 Å². The fourth-order valence-electron chi connectivity index (χ4n) is 1.89. The molecule has 0 unspecified atom stereocenters. The van der Waals surface area contributed by atoms with Gasteiger partial charge in [-0.3, -0.25) is 20.4 Å². The molecule has 0 fully saturated rings. The molecule has 3 aromatic rings. The minimum absolute atomic E-state index is 0.328. The summed E-state index contributed by atoms with van der Waals surface area (Å²) in [5.74, 6) is 0.0160. The topological polar surface area (TPSA) is 71.1 Å². The number of amides is 2. The molecule has 0 spiro atoms. The first-order valence-electron chi connectivity index (χ1n) is 6.97. The first kappa shape index (κ1) is 16.7. The Kier molecular flexibility index (Phi) is 5.63. The highest BCUT2D eigenvalue weighted by molar-refractivity contribution is 7.98. The second kappa shape index (κ2) is 8.09. The standard InChI is InChI=1S/C16H13N3O2S3/c20-15(18-19-16(21)14-6-3-7-23-14)12-4-1-2-5-13(12)24-9-11-8-22-10-17-11/h1-8,10H,9H2,(H,18,20)(H,19,21). The van der Waals surface area contributed by atoms with Gasteiger partial charge in [0.15, 0.2) is 0 Å². The van der Waals surface area contributed by atoms with Gasteiger partial charge in [-0.15, -0.1) is 34.4 Å². The lowest BCUT2D eigenvalue weighted by atomic mass is 10.2. The molecule has 122 valence electrons. The Bertz CT molecular complexity index is 817. The van der Waals surface area contributed by atoms with E-state index in [-0.39, 0.29) is 11.8 Å². The van der Waals surface area contributed by atoms with Crippen LogP contribution in [0.5, 0.6) is 0 Å². The van der Waals surface area contributed by atoms with Gasteiger partial charge >= 0.3 is 0 Å². The minimum atomic E-state index is -0.346. The van der Waals surface area contributed by atoms with Crippen molar-refractivity contribution in [3.05, 3.63) is 68.8 Å². The van der Waals surface area contributed by atoms with Crippen molar-refractivity contribution in [3.63, 3.8) is 0 Å². The number of thioether (sulfide) groups is 1. The summed E-state index contributed by atoms with van der Waals surface area (Å²) in [5, 5.41) is 3.79. The van der Waals surface area contributed by atoms with Crippen LogP contribution in [0.2, 0.25) is 0 Å². The van der Waals surface area contributed by atoms with E-state index in [2.05, 4.69) is 15.8 Å². The molecule has 2 amide bonds. The SMILES string of the molecule is O=C(NNC(=O)c1ccccc1SCc1cscn1)c1cccs1. The van der Waals surface area contributed by atoms with Crippen molar-refractivity contribution < 1.29 is 9.59 Å². The molecule has 0 aliphatic rings. The highest BCUT2D eigenvalue weighted by atomic mass is 32.2. The van der Waals surface area contributed by atoms with Crippen LogP contribution in [0.3, 0.4) is 0 Å². The zero-order chi connectivity index (χ0) is 16.8. The Morgan fingerprint density at radius 3 is 2.67 bits per heavy atom. The first-order chi connectivity index (χ1) is 11.7. The van der Waals surface area contributed by atoms with Crippen LogP contribution in [0.4, 0.5) is 0 Å². The van der Waals surface area contributed by atoms with Gasteiger partial charge in [0.1, 0.15) is 0 Å². The fraction of sp³-hybridized carbons (Fsp3) is 0.0625. The van der Waals surface area contributed by atoms with Gasteiger partial charge in [-0.2, -0.15) is 0 Å². The van der Waals surface area contributed by atoms with Crippen LogP contribution in [0.25, 0.3) is 0 Å². The van der Waals surface area contributed by atoms with Gasteiger partial charge in [0.2, 0.25) is 0 Å². The second-order valence-electron chi connectivity index (χ2n) is 4.65. The third kappa shape index (κ3) is 4.22. The van der Waals surface area contributed by atoms with Gasteiger partial charge in [0.05, 0.1) is 21.6 Å². The van der Waals surface area contributed by atoms with Crippen LogP contribution in [0, 0.1) is 0 Å². The molecule has 0 aliphatic carbocycles. The van der Waals surface area contributed by atoms with Crippen LogP contribution in [-0.4, -0.2) is 16.8 Å². The number of carbonyl (C=O) groups is 2. The molecule has 0 bridgehead atoms. The average Bonchev–Trinajstić information content (AvgIpc) is 3.31. The maximum atomic E-state index is 12.4. The van der Waals surface area contributed by atoms with Gasteiger partial charge in [0, 0.05) is 16.0 Å². The van der Waals surface area contributed by atoms with Gasteiger partial charge in [-0.05, 0) is 23.6 Å². The normalized spacial score (nSPS) is 10.3. The number of benzene rings is 1. The summed E-state index contributed by atoms with van der Waals surface area (Å²) >= 11 is 4.40. The third-order valence-corrected chi connectivity index (χ3v) is 5.64. The van der Waals surface area contributed by atoms with Crippen molar-refractivity contribution in [1.29, 1.82) is 0 Å². The van der Waals surface area contributed by atoms with Crippen molar-refractivity contribution in [2.24, 2.45) is 0 Å². The highest BCUT2D eigenvalue weighted by Gasteiger charge is 2.13.